The Bertz CT molecular complexity index is 963. The molecule has 5 nitrogen and oxygen atoms in total. The maximum Gasteiger partial charge on any atom is 0.255 e. The van der Waals surface area contributed by atoms with Crippen molar-refractivity contribution in [3.63, 3.8) is 0 Å². The van der Waals surface area contributed by atoms with E-state index in [1.54, 1.807) is 18.2 Å². The van der Waals surface area contributed by atoms with Crippen molar-refractivity contribution in [3.05, 3.63) is 59.2 Å². The predicted octanol–water partition coefficient (Wildman–Crippen LogP) is 3.60. The third-order valence-electron chi connectivity index (χ3n) is 5.44. The van der Waals surface area contributed by atoms with E-state index in [1.165, 1.54) is 27.9 Å². The lowest BCUT2D eigenvalue weighted by molar-refractivity contribution is 0.102. The van der Waals surface area contributed by atoms with Crippen molar-refractivity contribution in [2.75, 3.05) is 18.4 Å². The Hall–Kier alpha value is -2.18. The summed E-state index contributed by atoms with van der Waals surface area (Å²) in [5.41, 5.74) is 3.70. The number of sulfonamides is 1. The van der Waals surface area contributed by atoms with Gasteiger partial charge in [-0.2, -0.15) is 4.31 Å². The number of amides is 1. The lowest BCUT2D eigenvalue weighted by Crippen LogP contribution is -2.28. The van der Waals surface area contributed by atoms with Crippen LogP contribution in [0.3, 0.4) is 0 Å². The second-order valence-electron chi connectivity index (χ2n) is 7.24. The molecule has 2 aliphatic rings. The Kier molecular flexibility index (Phi) is 5.02. The molecule has 4 rings (SSSR count). The number of benzene rings is 2. The second kappa shape index (κ2) is 7.44. The summed E-state index contributed by atoms with van der Waals surface area (Å²) in [5.74, 6) is -0.271. The van der Waals surface area contributed by atoms with Gasteiger partial charge < -0.3 is 5.32 Å². The molecule has 1 aliphatic heterocycles. The first-order chi connectivity index (χ1) is 13.1. The van der Waals surface area contributed by atoms with Gasteiger partial charge in [-0.25, -0.2) is 8.42 Å². The molecular formula is C21H24N2O3S. The Morgan fingerprint density at radius 1 is 0.926 bits per heavy atom. The molecule has 1 N–H and O–H groups in total. The zero-order valence-electron chi connectivity index (χ0n) is 15.3. The molecule has 2 aromatic rings. The fourth-order valence-corrected chi connectivity index (χ4v) is 5.53. The largest absolute Gasteiger partial charge is 0.322 e. The summed E-state index contributed by atoms with van der Waals surface area (Å²) in [6.07, 6.45) is 6.10. The van der Waals surface area contributed by atoms with Gasteiger partial charge >= 0.3 is 0 Å². The number of nitrogens with one attached hydrogen (secondary N) is 1. The van der Waals surface area contributed by atoms with Gasteiger partial charge in [-0.1, -0.05) is 18.2 Å². The van der Waals surface area contributed by atoms with Crippen LogP contribution in [0.4, 0.5) is 5.69 Å². The Morgan fingerprint density at radius 2 is 1.67 bits per heavy atom. The van der Waals surface area contributed by atoms with Crippen LogP contribution in [0.2, 0.25) is 0 Å². The summed E-state index contributed by atoms with van der Waals surface area (Å²) >= 11 is 0. The number of carbonyl (C=O) groups is 1. The van der Waals surface area contributed by atoms with E-state index in [0.29, 0.717) is 18.7 Å². The number of fused-ring (bicyclic) bond motifs is 1. The maximum absolute atomic E-state index is 12.8. The van der Waals surface area contributed by atoms with Crippen molar-refractivity contribution in [1.29, 1.82) is 0 Å². The van der Waals surface area contributed by atoms with E-state index in [0.717, 1.165) is 37.8 Å². The number of rotatable bonds is 4. The first-order valence-electron chi connectivity index (χ1n) is 9.58. The van der Waals surface area contributed by atoms with Gasteiger partial charge in [0.1, 0.15) is 0 Å². The predicted molar refractivity (Wildman–Crippen MR) is 105 cm³/mol. The quantitative estimate of drug-likeness (QED) is 0.876. The molecule has 1 amide bonds. The SMILES string of the molecule is O=C(Nc1cccc2c1CCCC2)c1cccc(S(=O)(=O)N2CCCC2)c1. The van der Waals surface area contributed by atoms with Crippen LogP contribution >= 0.6 is 0 Å². The zero-order valence-corrected chi connectivity index (χ0v) is 16.1. The number of anilines is 1. The minimum Gasteiger partial charge on any atom is -0.322 e. The van der Waals surface area contributed by atoms with Gasteiger partial charge in [0.05, 0.1) is 4.90 Å². The van der Waals surface area contributed by atoms with Gasteiger partial charge in [0.25, 0.3) is 5.91 Å². The molecule has 0 saturated carbocycles. The number of carbonyl (C=O) groups excluding carboxylic acids is 1. The van der Waals surface area contributed by atoms with Crippen molar-refractivity contribution in [2.24, 2.45) is 0 Å². The lowest BCUT2D eigenvalue weighted by Gasteiger charge is -2.20. The van der Waals surface area contributed by atoms with E-state index in [1.807, 2.05) is 12.1 Å². The van der Waals surface area contributed by atoms with Crippen molar-refractivity contribution >= 4 is 21.6 Å². The highest BCUT2D eigenvalue weighted by Gasteiger charge is 2.27. The van der Waals surface area contributed by atoms with Gasteiger partial charge in [0.15, 0.2) is 0 Å². The van der Waals surface area contributed by atoms with Crippen molar-refractivity contribution in [1.82, 2.24) is 4.31 Å². The normalized spacial score (nSPS) is 17.5. The van der Waals surface area contributed by atoms with Crippen molar-refractivity contribution in [2.45, 2.75) is 43.4 Å². The minimum atomic E-state index is -3.53. The summed E-state index contributed by atoms with van der Waals surface area (Å²) in [6, 6.07) is 12.4. The van der Waals surface area contributed by atoms with E-state index >= 15 is 0 Å². The number of nitrogens with zero attached hydrogens (tertiary/aromatic N) is 1. The molecule has 0 radical (unpaired) electrons. The summed E-state index contributed by atoms with van der Waals surface area (Å²) in [4.78, 5) is 13.0. The zero-order chi connectivity index (χ0) is 18.9. The topological polar surface area (TPSA) is 66.5 Å². The highest BCUT2D eigenvalue weighted by molar-refractivity contribution is 7.89. The van der Waals surface area contributed by atoms with Crippen LogP contribution in [0.25, 0.3) is 0 Å². The lowest BCUT2D eigenvalue weighted by atomic mass is 9.90. The van der Waals surface area contributed by atoms with Crippen LogP contribution < -0.4 is 5.32 Å². The third-order valence-corrected chi connectivity index (χ3v) is 7.34. The van der Waals surface area contributed by atoms with E-state index in [-0.39, 0.29) is 10.8 Å². The molecule has 0 bridgehead atoms. The minimum absolute atomic E-state index is 0.187. The van der Waals surface area contributed by atoms with Crippen LogP contribution in [0.1, 0.15) is 47.2 Å². The molecule has 0 aromatic heterocycles. The van der Waals surface area contributed by atoms with Crippen LogP contribution in [-0.2, 0) is 22.9 Å². The van der Waals surface area contributed by atoms with Crippen LogP contribution in [0, 0.1) is 0 Å². The molecule has 0 atom stereocenters. The summed E-state index contributed by atoms with van der Waals surface area (Å²) in [5, 5.41) is 2.99. The van der Waals surface area contributed by atoms with Crippen molar-refractivity contribution in [3.8, 4) is 0 Å². The van der Waals surface area contributed by atoms with Crippen molar-refractivity contribution < 1.29 is 13.2 Å². The number of hydrogen-bond donors (Lipinski definition) is 1. The number of aryl methyl sites for hydroxylation is 1. The van der Waals surface area contributed by atoms with E-state index in [2.05, 4.69) is 11.4 Å². The van der Waals surface area contributed by atoms with Gasteiger partial charge in [0, 0.05) is 24.3 Å². The fourth-order valence-electron chi connectivity index (χ4n) is 3.97. The standard InChI is InChI=1S/C21H24N2O3S/c24-21(22-20-12-6-8-16-7-1-2-11-19(16)20)17-9-5-10-18(15-17)27(25,26)23-13-3-4-14-23/h5-6,8-10,12,15H,1-4,7,11,13-14H2,(H,22,24). The van der Waals surface area contributed by atoms with E-state index < -0.39 is 10.0 Å². The van der Waals surface area contributed by atoms with Crippen LogP contribution in [-0.4, -0.2) is 31.7 Å². The Labute approximate surface area is 160 Å². The Morgan fingerprint density at radius 3 is 2.48 bits per heavy atom. The van der Waals surface area contributed by atoms with Gasteiger partial charge in [-0.15, -0.1) is 0 Å². The molecule has 27 heavy (non-hydrogen) atoms. The first kappa shape index (κ1) is 18.2. The second-order valence-corrected chi connectivity index (χ2v) is 9.18. The molecule has 1 aliphatic carbocycles. The van der Waals surface area contributed by atoms with Crippen LogP contribution in [0.15, 0.2) is 47.4 Å². The highest BCUT2D eigenvalue weighted by atomic mass is 32.2. The third kappa shape index (κ3) is 3.64. The molecule has 2 aromatic carbocycles. The van der Waals surface area contributed by atoms with Gasteiger partial charge in [-0.3, -0.25) is 4.79 Å². The molecule has 0 unspecified atom stereocenters. The van der Waals surface area contributed by atoms with Crippen LogP contribution in [0.5, 0.6) is 0 Å². The van der Waals surface area contributed by atoms with Gasteiger partial charge in [0.2, 0.25) is 10.0 Å². The summed E-state index contributed by atoms with van der Waals surface area (Å²) in [7, 11) is -3.53. The van der Waals surface area contributed by atoms with E-state index in [9.17, 15) is 13.2 Å². The Balaban J connectivity index is 1.58. The molecule has 1 fully saturated rings. The van der Waals surface area contributed by atoms with E-state index in [4.69, 9.17) is 0 Å². The van der Waals surface area contributed by atoms with Gasteiger partial charge in [-0.05, 0) is 73.9 Å². The molecule has 142 valence electrons. The smallest absolute Gasteiger partial charge is 0.255 e. The molecule has 6 heteroatoms. The fraction of sp³-hybridized carbons (Fsp3) is 0.381. The maximum atomic E-state index is 12.8. The summed E-state index contributed by atoms with van der Waals surface area (Å²) in [6.45, 7) is 1.10. The molecule has 1 heterocycles. The first-order valence-corrected chi connectivity index (χ1v) is 11.0. The average Bonchev–Trinajstić information content (AvgIpc) is 3.24. The molecule has 1 saturated heterocycles. The highest BCUT2D eigenvalue weighted by Crippen LogP contribution is 2.28. The number of hydrogen-bond acceptors (Lipinski definition) is 3. The molecule has 0 spiro atoms. The molecular weight excluding hydrogens is 360 g/mol. The monoisotopic (exact) mass is 384 g/mol. The average molecular weight is 385 g/mol. The summed E-state index contributed by atoms with van der Waals surface area (Å²) < 4.78 is 27.0.